The topological polar surface area (TPSA) is 98.8 Å². The van der Waals surface area contributed by atoms with Crippen LogP contribution in [0.15, 0.2) is 24.3 Å². The van der Waals surface area contributed by atoms with E-state index in [0.717, 1.165) is 6.92 Å². The molecule has 13 heteroatoms. The van der Waals surface area contributed by atoms with Gasteiger partial charge in [0.05, 0.1) is 24.5 Å². The summed E-state index contributed by atoms with van der Waals surface area (Å²) in [7, 11) is 1.43. The standard InChI is InChI=1S/C20H23F5N4O4/c1-4-15(30)29-9-12(18(33)28(3)13-7-5-6-8-14(13)29)27-17(32)11(2)16(31)26-10-19(21,22)20(23,24)25/h5-8,11-12H,4,9-10H2,1-3H3,(H,26,31)(H,27,32)/t11?,12-/m0/s1. The second-order valence-electron chi connectivity index (χ2n) is 7.45. The van der Waals surface area contributed by atoms with Gasteiger partial charge in [0, 0.05) is 13.5 Å². The van der Waals surface area contributed by atoms with Crippen LogP contribution in [-0.2, 0) is 19.2 Å². The fourth-order valence-corrected chi connectivity index (χ4v) is 3.09. The number of rotatable bonds is 6. The second-order valence-corrected chi connectivity index (χ2v) is 7.45. The predicted molar refractivity (Wildman–Crippen MR) is 108 cm³/mol. The maximum Gasteiger partial charge on any atom is 0.455 e. The van der Waals surface area contributed by atoms with Gasteiger partial charge in [-0.25, -0.2) is 0 Å². The molecule has 1 aromatic rings. The van der Waals surface area contributed by atoms with Crippen LogP contribution in [-0.4, -0.2) is 61.9 Å². The molecule has 2 atom stereocenters. The van der Waals surface area contributed by atoms with Crippen molar-refractivity contribution in [1.29, 1.82) is 0 Å². The quantitative estimate of drug-likeness (QED) is 0.482. The fraction of sp³-hybridized carbons (Fsp3) is 0.500. The molecule has 1 aliphatic heterocycles. The fourth-order valence-electron chi connectivity index (χ4n) is 3.09. The number of likely N-dealkylation sites (N-methyl/N-ethyl adjacent to an activating group) is 1. The Balaban J connectivity index is 2.17. The summed E-state index contributed by atoms with van der Waals surface area (Å²) in [6.07, 6.45) is -5.77. The monoisotopic (exact) mass is 478 g/mol. The summed E-state index contributed by atoms with van der Waals surface area (Å²) in [6.45, 7) is 0.300. The number of benzene rings is 1. The molecule has 2 rings (SSSR count). The van der Waals surface area contributed by atoms with E-state index in [9.17, 15) is 41.1 Å². The van der Waals surface area contributed by atoms with Crippen molar-refractivity contribution < 1.29 is 41.1 Å². The van der Waals surface area contributed by atoms with Crippen LogP contribution in [0.25, 0.3) is 0 Å². The van der Waals surface area contributed by atoms with E-state index in [1.807, 2.05) is 0 Å². The van der Waals surface area contributed by atoms with Crippen LogP contribution >= 0.6 is 0 Å². The summed E-state index contributed by atoms with van der Waals surface area (Å²) in [4.78, 5) is 52.4. The highest BCUT2D eigenvalue weighted by Crippen LogP contribution is 2.35. The molecular formula is C20H23F5N4O4. The first-order valence-corrected chi connectivity index (χ1v) is 9.90. The van der Waals surface area contributed by atoms with Gasteiger partial charge in [-0.2, -0.15) is 22.0 Å². The van der Waals surface area contributed by atoms with Crippen molar-refractivity contribution in [3.63, 3.8) is 0 Å². The number of amides is 4. The lowest BCUT2D eigenvalue weighted by atomic mass is 10.1. The van der Waals surface area contributed by atoms with Crippen molar-refractivity contribution in [2.45, 2.75) is 38.4 Å². The number of carbonyl (C=O) groups is 4. The third kappa shape index (κ3) is 5.57. The van der Waals surface area contributed by atoms with Gasteiger partial charge in [0.25, 0.3) is 5.91 Å². The van der Waals surface area contributed by atoms with Crippen molar-refractivity contribution in [3.05, 3.63) is 24.3 Å². The van der Waals surface area contributed by atoms with Crippen molar-refractivity contribution in [2.75, 3.05) is 29.9 Å². The molecule has 0 spiro atoms. The maximum atomic E-state index is 13.0. The van der Waals surface area contributed by atoms with Gasteiger partial charge in [0.2, 0.25) is 17.7 Å². The molecule has 33 heavy (non-hydrogen) atoms. The molecule has 1 aromatic carbocycles. The highest BCUT2D eigenvalue weighted by Gasteiger charge is 2.57. The summed E-state index contributed by atoms with van der Waals surface area (Å²) in [5, 5.41) is 3.70. The van der Waals surface area contributed by atoms with Crippen molar-refractivity contribution in [2.24, 2.45) is 5.92 Å². The van der Waals surface area contributed by atoms with Gasteiger partial charge >= 0.3 is 12.1 Å². The highest BCUT2D eigenvalue weighted by atomic mass is 19.4. The Morgan fingerprint density at radius 3 is 2.21 bits per heavy atom. The second kappa shape index (κ2) is 9.71. The van der Waals surface area contributed by atoms with Crippen LogP contribution in [0.2, 0.25) is 0 Å². The molecule has 0 saturated carbocycles. The zero-order valence-electron chi connectivity index (χ0n) is 18.0. The van der Waals surface area contributed by atoms with E-state index in [1.54, 1.807) is 31.2 Å². The van der Waals surface area contributed by atoms with E-state index in [1.165, 1.54) is 22.2 Å². The van der Waals surface area contributed by atoms with Gasteiger partial charge in [-0.1, -0.05) is 19.1 Å². The lowest BCUT2D eigenvalue weighted by Crippen LogP contribution is -2.55. The molecule has 8 nitrogen and oxygen atoms in total. The number of hydrogen-bond donors (Lipinski definition) is 2. The molecular weight excluding hydrogens is 455 g/mol. The zero-order valence-corrected chi connectivity index (χ0v) is 18.0. The van der Waals surface area contributed by atoms with Gasteiger partial charge in [-0.15, -0.1) is 0 Å². The van der Waals surface area contributed by atoms with Crippen molar-refractivity contribution in [1.82, 2.24) is 10.6 Å². The Kier molecular flexibility index (Phi) is 7.65. The molecule has 0 radical (unpaired) electrons. The van der Waals surface area contributed by atoms with Gasteiger partial charge < -0.3 is 20.4 Å². The molecule has 0 aliphatic carbocycles. The first-order valence-electron chi connectivity index (χ1n) is 9.90. The van der Waals surface area contributed by atoms with Gasteiger partial charge in [-0.05, 0) is 19.1 Å². The lowest BCUT2D eigenvalue weighted by Gasteiger charge is -2.25. The molecule has 4 amide bonds. The number of carbonyl (C=O) groups excluding carboxylic acids is 4. The number of hydrogen-bond acceptors (Lipinski definition) is 4. The first kappa shape index (κ1) is 26.0. The highest BCUT2D eigenvalue weighted by molar-refractivity contribution is 6.09. The Hall–Kier alpha value is -3.25. The van der Waals surface area contributed by atoms with E-state index >= 15 is 0 Å². The average Bonchev–Trinajstić information content (AvgIpc) is 2.86. The van der Waals surface area contributed by atoms with Gasteiger partial charge in [0.1, 0.15) is 12.0 Å². The molecule has 182 valence electrons. The predicted octanol–water partition coefficient (Wildman–Crippen LogP) is 1.84. The smallest absolute Gasteiger partial charge is 0.349 e. The van der Waals surface area contributed by atoms with Crippen LogP contribution < -0.4 is 20.4 Å². The van der Waals surface area contributed by atoms with Crippen LogP contribution in [0.1, 0.15) is 20.3 Å². The number of nitrogens with one attached hydrogen (secondary N) is 2. The Labute approximate surface area is 186 Å². The number of fused-ring (bicyclic) bond motifs is 1. The molecule has 2 N–H and O–H groups in total. The molecule has 0 fully saturated rings. The van der Waals surface area contributed by atoms with Gasteiger partial charge in [-0.3, -0.25) is 19.2 Å². The lowest BCUT2D eigenvalue weighted by molar-refractivity contribution is -0.278. The van der Waals surface area contributed by atoms with E-state index in [2.05, 4.69) is 5.32 Å². The zero-order chi connectivity index (χ0) is 25.1. The Morgan fingerprint density at radius 2 is 1.67 bits per heavy atom. The van der Waals surface area contributed by atoms with Crippen molar-refractivity contribution in [3.8, 4) is 0 Å². The number of nitrogens with zero attached hydrogens (tertiary/aromatic N) is 2. The largest absolute Gasteiger partial charge is 0.455 e. The minimum Gasteiger partial charge on any atom is -0.349 e. The summed E-state index contributed by atoms with van der Waals surface area (Å²) in [6, 6.07) is 5.24. The number of halogens is 5. The van der Waals surface area contributed by atoms with Crippen LogP contribution in [0.4, 0.5) is 33.3 Å². The SMILES string of the molecule is CCC(=O)N1C[C@H](NC(=O)C(C)C(=O)NCC(F)(F)C(F)(F)F)C(=O)N(C)c2ccccc21. The molecule has 1 heterocycles. The minimum absolute atomic E-state index is 0.0964. The summed E-state index contributed by atoms with van der Waals surface area (Å²) in [5.41, 5.74) is 0.832. The molecule has 0 saturated heterocycles. The third-order valence-corrected chi connectivity index (χ3v) is 5.13. The normalized spacial score (nSPS) is 17.7. The average molecular weight is 478 g/mol. The molecule has 0 aromatic heterocycles. The van der Waals surface area contributed by atoms with Crippen LogP contribution in [0.3, 0.4) is 0 Å². The van der Waals surface area contributed by atoms with E-state index in [-0.39, 0.29) is 18.9 Å². The Morgan fingerprint density at radius 1 is 1.09 bits per heavy atom. The van der Waals surface area contributed by atoms with E-state index in [4.69, 9.17) is 0 Å². The minimum atomic E-state index is -5.87. The van der Waals surface area contributed by atoms with Crippen LogP contribution in [0, 0.1) is 5.92 Å². The summed E-state index contributed by atoms with van der Waals surface area (Å²) in [5.74, 6) is -10.3. The van der Waals surface area contributed by atoms with E-state index in [0.29, 0.717) is 11.4 Å². The molecule has 1 aliphatic rings. The number of anilines is 2. The Bertz CT molecular complexity index is 937. The van der Waals surface area contributed by atoms with Crippen molar-refractivity contribution >= 4 is 35.0 Å². The summed E-state index contributed by atoms with van der Waals surface area (Å²) >= 11 is 0. The van der Waals surface area contributed by atoms with Gasteiger partial charge in [0.15, 0.2) is 0 Å². The third-order valence-electron chi connectivity index (χ3n) is 5.13. The number of para-hydroxylation sites is 2. The maximum absolute atomic E-state index is 13.0. The van der Waals surface area contributed by atoms with E-state index < -0.39 is 48.3 Å². The first-order chi connectivity index (χ1) is 15.2. The van der Waals surface area contributed by atoms with Crippen LogP contribution in [0.5, 0.6) is 0 Å². The number of alkyl halides is 5. The molecule has 0 bridgehead atoms. The molecule has 1 unspecified atom stereocenters. The summed E-state index contributed by atoms with van der Waals surface area (Å²) < 4.78 is 62.8.